The molecule has 0 spiro atoms. The molecular formula is C16H18Cl2FN. The Labute approximate surface area is 129 Å². The van der Waals surface area contributed by atoms with E-state index >= 15 is 0 Å². The van der Waals surface area contributed by atoms with Crippen molar-refractivity contribution < 1.29 is 4.39 Å². The van der Waals surface area contributed by atoms with E-state index in [0.717, 1.165) is 25.9 Å². The minimum Gasteiger partial charge on any atom is -0.316 e. The summed E-state index contributed by atoms with van der Waals surface area (Å²) in [5.41, 5.74) is 1.39. The molecule has 2 aliphatic rings. The van der Waals surface area contributed by atoms with Gasteiger partial charge >= 0.3 is 0 Å². The van der Waals surface area contributed by atoms with Crippen molar-refractivity contribution in [3.63, 3.8) is 0 Å². The third kappa shape index (κ3) is 2.38. The molecule has 3 rings (SSSR count). The third-order valence-corrected chi connectivity index (χ3v) is 5.56. The highest BCUT2D eigenvalue weighted by Crippen LogP contribution is 2.51. The maximum atomic E-state index is 12.3. The molecule has 1 aliphatic carbocycles. The molecule has 1 aromatic rings. The lowest BCUT2D eigenvalue weighted by atomic mass is 9.74. The summed E-state index contributed by atoms with van der Waals surface area (Å²) in [4.78, 5) is 0. The number of alkyl halides is 1. The lowest BCUT2D eigenvalue weighted by Gasteiger charge is -2.29. The van der Waals surface area contributed by atoms with Crippen LogP contribution in [-0.2, 0) is 5.41 Å². The summed E-state index contributed by atoms with van der Waals surface area (Å²) < 4.78 is 12.3. The Bertz CT molecular complexity index is 531. The van der Waals surface area contributed by atoms with E-state index in [1.54, 1.807) is 6.08 Å². The van der Waals surface area contributed by atoms with Gasteiger partial charge in [0.2, 0.25) is 0 Å². The van der Waals surface area contributed by atoms with Gasteiger partial charge in [0.15, 0.2) is 0 Å². The van der Waals surface area contributed by atoms with Gasteiger partial charge in [-0.05, 0) is 48.9 Å². The van der Waals surface area contributed by atoms with Crippen LogP contribution in [0, 0.1) is 11.8 Å². The molecule has 20 heavy (non-hydrogen) atoms. The highest BCUT2D eigenvalue weighted by atomic mass is 35.5. The lowest BCUT2D eigenvalue weighted by Crippen LogP contribution is -2.31. The fraction of sp³-hybridized carbons (Fsp3) is 0.500. The van der Waals surface area contributed by atoms with E-state index in [0.29, 0.717) is 21.9 Å². The Balaban J connectivity index is 1.92. The first-order valence-electron chi connectivity index (χ1n) is 7.04. The predicted molar refractivity (Wildman–Crippen MR) is 82.3 cm³/mol. The van der Waals surface area contributed by atoms with E-state index in [2.05, 4.69) is 11.4 Å². The van der Waals surface area contributed by atoms with Crippen molar-refractivity contribution in [2.24, 2.45) is 11.8 Å². The standard InChI is InChI=1S/C16H18Cl2FN/c17-14-4-3-12(7-15(14)18)16-8-11(2-1-5-19)6-13(16)9-20-10-16/h1-4,7,11,13,20H,5-6,8-10H2. The molecule has 0 radical (unpaired) electrons. The normalized spacial score (nSPS) is 33.0. The SMILES string of the molecule is FCC=CC1CC2CNCC2(c2ccc(Cl)c(Cl)c2)C1. The third-order valence-electron chi connectivity index (χ3n) is 4.82. The van der Waals surface area contributed by atoms with Gasteiger partial charge in [0.05, 0.1) is 10.0 Å². The van der Waals surface area contributed by atoms with Crippen LogP contribution < -0.4 is 5.32 Å². The van der Waals surface area contributed by atoms with Crippen molar-refractivity contribution in [1.82, 2.24) is 5.32 Å². The van der Waals surface area contributed by atoms with Gasteiger partial charge in [-0.2, -0.15) is 0 Å². The first-order chi connectivity index (χ1) is 9.65. The van der Waals surface area contributed by atoms with Crippen LogP contribution in [0.2, 0.25) is 10.0 Å². The van der Waals surface area contributed by atoms with Crippen molar-refractivity contribution in [2.75, 3.05) is 19.8 Å². The van der Waals surface area contributed by atoms with E-state index in [1.165, 1.54) is 5.56 Å². The molecule has 1 aliphatic heterocycles. The summed E-state index contributed by atoms with van der Waals surface area (Å²) in [5, 5.41) is 4.72. The average molecular weight is 314 g/mol. The maximum Gasteiger partial charge on any atom is 0.108 e. The number of hydrogen-bond donors (Lipinski definition) is 1. The van der Waals surface area contributed by atoms with Crippen LogP contribution >= 0.6 is 23.2 Å². The molecule has 1 heterocycles. The zero-order chi connectivity index (χ0) is 14.2. The number of nitrogens with one attached hydrogen (secondary N) is 1. The summed E-state index contributed by atoms with van der Waals surface area (Å²) in [6.45, 7) is 1.62. The molecule has 4 heteroatoms. The van der Waals surface area contributed by atoms with Gasteiger partial charge in [-0.1, -0.05) is 41.4 Å². The summed E-state index contributed by atoms with van der Waals surface area (Å²) >= 11 is 12.2. The van der Waals surface area contributed by atoms with Crippen LogP contribution in [0.25, 0.3) is 0 Å². The first kappa shape index (κ1) is 14.4. The zero-order valence-electron chi connectivity index (χ0n) is 11.2. The summed E-state index contributed by atoms with van der Waals surface area (Å²) in [6, 6.07) is 5.98. The Kier molecular flexibility index (Phi) is 4.07. The summed E-state index contributed by atoms with van der Waals surface area (Å²) in [5.74, 6) is 1.06. The molecule has 1 N–H and O–H groups in total. The molecule has 2 fully saturated rings. The lowest BCUT2D eigenvalue weighted by molar-refractivity contribution is 0.400. The molecule has 1 saturated heterocycles. The van der Waals surface area contributed by atoms with Gasteiger partial charge in [0.25, 0.3) is 0 Å². The van der Waals surface area contributed by atoms with Gasteiger partial charge < -0.3 is 5.32 Å². The number of benzene rings is 1. The Morgan fingerprint density at radius 2 is 2.20 bits per heavy atom. The van der Waals surface area contributed by atoms with Crippen LogP contribution in [0.3, 0.4) is 0 Å². The van der Waals surface area contributed by atoms with Crippen molar-refractivity contribution in [1.29, 1.82) is 0 Å². The number of fused-ring (bicyclic) bond motifs is 1. The Morgan fingerprint density at radius 1 is 1.35 bits per heavy atom. The monoisotopic (exact) mass is 313 g/mol. The second kappa shape index (κ2) is 5.67. The van der Waals surface area contributed by atoms with E-state index in [9.17, 15) is 4.39 Å². The first-order valence-corrected chi connectivity index (χ1v) is 7.80. The molecule has 1 saturated carbocycles. The number of hydrogen-bond acceptors (Lipinski definition) is 1. The highest BCUT2D eigenvalue weighted by Gasteiger charge is 2.50. The van der Waals surface area contributed by atoms with Gasteiger partial charge in [-0.3, -0.25) is 0 Å². The quantitative estimate of drug-likeness (QED) is 0.816. The summed E-state index contributed by atoms with van der Waals surface area (Å²) in [6.07, 6.45) is 5.85. The van der Waals surface area contributed by atoms with Crippen LogP contribution in [0.15, 0.2) is 30.4 Å². The van der Waals surface area contributed by atoms with Gasteiger partial charge in [0.1, 0.15) is 6.67 Å². The van der Waals surface area contributed by atoms with Crippen LogP contribution in [-0.4, -0.2) is 19.8 Å². The molecular weight excluding hydrogens is 296 g/mol. The largest absolute Gasteiger partial charge is 0.316 e. The van der Waals surface area contributed by atoms with Gasteiger partial charge in [-0.25, -0.2) is 4.39 Å². The molecule has 3 unspecified atom stereocenters. The Morgan fingerprint density at radius 3 is 2.95 bits per heavy atom. The van der Waals surface area contributed by atoms with Crippen LogP contribution in [0.5, 0.6) is 0 Å². The second-order valence-electron chi connectivity index (χ2n) is 5.90. The topological polar surface area (TPSA) is 12.0 Å². The fourth-order valence-electron chi connectivity index (χ4n) is 3.93. The molecule has 3 atom stereocenters. The van der Waals surface area contributed by atoms with E-state index in [-0.39, 0.29) is 12.1 Å². The number of allylic oxidation sites excluding steroid dienone is 2. The van der Waals surface area contributed by atoms with Crippen molar-refractivity contribution >= 4 is 23.2 Å². The number of rotatable bonds is 3. The van der Waals surface area contributed by atoms with Gasteiger partial charge in [0, 0.05) is 12.0 Å². The van der Waals surface area contributed by atoms with E-state index < -0.39 is 0 Å². The van der Waals surface area contributed by atoms with Crippen molar-refractivity contribution in [3.05, 3.63) is 46.0 Å². The van der Waals surface area contributed by atoms with E-state index in [1.807, 2.05) is 18.2 Å². The minimum atomic E-state index is -0.376. The van der Waals surface area contributed by atoms with Crippen molar-refractivity contribution in [2.45, 2.75) is 18.3 Å². The highest BCUT2D eigenvalue weighted by molar-refractivity contribution is 6.42. The van der Waals surface area contributed by atoms with Crippen molar-refractivity contribution in [3.8, 4) is 0 Å². The fourth-order valence-corrected chi connectivity index (χ4v) is 4.22. The predicted octanol–water partition coefficient (Wildman–Crippen LogP) is 4.39. The average Bonchev–Trinajstić information content (AvgIpc) is 2.97. The smallest absolute Gasteiger partial charge is 0.108 e. The number of halogens is 3. The minimum absolute atomic E-state index is 0.125. The van der Waals surface area contributed by atoms with Crippen LogP contribution in [0.1, 0.15) is 18.4 Å². The molecule has 0 bridgehead atoms. The second-order valence-corrected chi connectivity index (χ2v) is 6.71. The van der Waals surface area contributed by atoms with Crippen LogP contribution in [0.4, 0.5) is 4.39 Å². The zero-order valence-corrected chi connectivity index (χ0v) is 12.7. The molecule has 0 aromatic heterocycles. The molecule has 1 aromatic carbocycles. The summed E-state index contributed by atoms with van der Waals surface area (Å²) in [7, 11) is 0. The van der Waals surface area contributed by atoms with E-state index in [4.69, 9.17) is 23.2 Å². The molecule has 1 nitrogen and oxygen atoms in total. The molecule has 108 valence electrons. The Hall–Kier alpha value is -0.570. The van der Waals surface area contributed by atoms with Gasteiger partial charge in [-0.15, -0.1) is 0 Å². The molecule has 0 amide bonds. The maximum absolute atomic E-state index is 12.3.